The third kappa shape index (κ3) is 2.30. The molecule has 4 N–H and O–H groups in total. The van der Waals surface area contributed by atoms with Gasteiger partial charge >= 0.3 is 0 Å². The number of aromatic amines is 2. The monoisotopic (exact) mass is 262 g/mol. The van der Waals surface area contributed by atoms with E-state index in [1.807, 2.05) is 0 Å². The van der Waals surface area contributed by atoms with Crippen LogP contribution < -0.4 is 10.6 Å². The van der Waals surface area contributed by atoms with E-state index in [2.05, 4.69) is 42.4 Å². The summed E-state index contributed by atoms with van der Waals surface area (Å²) in [6.45, 7) is 4.84. The van der Waals surface area contributed by atoms with Crippen molar-refractivity contribution in [3.63, 3.8) is 0 Å². The number of aromatic nitrogens is 6. The standard InChI is InChI=1S/C11H18N8/c1-11(7-12)2-4-19(5-3-11)10-14-9(16-17-10)8-6-13-18-15-8/h6H,2-5,7,12H2,1H3,(H,13,15,18)(H,14,16,17). The predicted molar refractivity (Wildman–Crippen MR) is 70.4 cm³/mol. The highest BCUT2D eigenvalue weighted by Gasteiger charge is 2.30. The van der Waals surface area contributed by atoms with Crippen molar-refractivity contribution in [2.24, 2.45) is 11.1 Å². The lowest BCUT2D eigenvalue weighted by atomic mass is 9.81. The molecule has 0 bridgehead atoms. The first-order valence-corrected chi connectivity index (χ1v) is 6.44. The summed E-state index contributed by atoms with van der Waals surface area (Å²) >= 11 is 0. The molecule has 19 heavy (non-hydrogen) atoms. The molecule has 0 spiro atoms. The van der Waals surface area contributed by atoms with Crippen LogP contribution in [-0.4, -0.2) is 50.2 Å². The van der Waals surface area contributed by atoms with E-state index in [1.54, 1.807) is 6.20 Å². The van der Waals surface area contributed by atoms with Gasteiger partial charge in [-0.25, -0.2) is 0 Å². The number of nitrogens with one attached hydrogen (secondary N) is 2. The summed E-state index contributed by atoms with van der Waals surface area (Å²) in [4.78, 5) is 6.63. The van der Waals surface area contributed by atoms with E-state index >= 15 is 0 Å². The lowest BCUT2D eigenvalue weighted by molar-refractivity contribution is 0.257. The van der Waals surface area contributed by atoms with Crippen molar-refractivity contribution < 1.29 is 0 Å². The highest BCUT2D eigenvalue weighted by Crippen LogP contribution is 2.31. The van der Waals surface area contributed by atoms with Crippen LogP contribution in [-0.2, 0) is 0 Å². The summed E-state index contributed by atoms with van der Waals surface area (Å²) in [5.41, 5.74) is 6.74. The van der Waals surface area contributed by atoms with Crippen LogP contribution in [0.15, 0.2) is 6.20 Å². The highest BCUT2D eigenvalue weighted by atomic mass is 15.4. The van der Waals surface area contributed by atoms with Gasteiger partial charge < -0.3 is 10.6 Å². The van der Waals surface area contributed by atoms with Crippen LogP contribution in [0.25, 0.3) is 11.5 Å². The molecule has 1 aliphatic heterocycles. The molecule has 0 saturated carbocycles. The normalized spacial score (nSPS) is 18.7. The van der Waals surface area contributed by atoms with Crippen LogP contribution in [0.3, 0.4) is 0 Å². The molecule has 0 atom stereocenters. The van der Waals surface area contributed by atoms with Crippen LogP contribution in [0.4, 0.5) is 5.95 Å². The van der Waals surface area contributed by atoms with Crippen molar-refractivity contribution in [2.45, 2.75) is 19.8 Å². The lowest BCUT2D eigenvalue weighted by Crippen LogP contribution is -2.42. The average Bonchev–Trinajstić information content (AvgIpc) is 3.10. The van der Waals surface area contributed by atoms with E-state index < -0.39 is 0 Å². The van der Waals surface area contributed by atoms with Gasteiger partial charge in [-0.1, -0.05) is 6.92 Å². The zero-order valence-corrected chi connectivity index (χ0v) is 10.9. The third-order valence-electron chi connectivity index (χ3n) is 3.88. The fourth-order valence-corrected chi connectivity index (χ4v) is 2.28. The van der Waals surface area contributed by atoms with Crippen molar-refractivity contribution in [1.29, 1.82) is 0 Å². The molecule has 0 unspecified atom stereocenters. The number of rotatable bonds is 3. The van der Waals surface area contributed by atoms with Crippen molar-refractivity contribution in [1.82, 2.24) is 30.6 Å². The molecule has 2 aromatic heterocycles. The summed E-state index contributed by atoms with van der Waals surface area (Å²) in [5.74, 6) is 1.35. The van der Waals surface area contributed by atoms with E-state index in [9.17, 15) is 0 Å². The number of piperidine rings is 1. The van der Waals surface area contributed by atoms with Gasteiger partial charge in [-0.3, -0.25) is 5.10 Å². The Kier molecular flexibility index (Phi) is 2.94. The highest BCUT2D eigenvalue weighted by molar-refractivity contribution is 5.49. The van der Waals surface area contributed by atoms with Crippen molar-refractivity contribution in [2.75, 3.05) is 24.5 Å². The molecule has 1 aliphatic rings. The van der Waals surface area contributed by atoms with Gasteiger partial charge in [0, 0.05) is 13.1 Å². The molecule has 0 amide bonds. The summed E-state index contributed by atoms with van der Waals surface area (Å²) in [6.07, 6.45) is 3.75. The fraction of sp³-hybridized carbons (Fsp3) is 0.636. The number of nitrogens with two attached hydrogens (primary N) is 1. The summed E-state index contributed by atoms with van der Waals surface area (Å²) in [6, 6.07) is 0. The van der Waals surface area contributed by atoms with Crippen LogP contribution in [0, 0.1) is 5.41 Å². The van der Waals surface area contributed by atoms with Crippen molar-refractivity contribution in [3.05, 3.63) is 6.20 Å². The Morgan fingerprint density at radius 1 is 1.37 bits per heavy atom. The molecule has 0 aromatic carbocycles. The van der Waals surface area contributed by atoms with Crippen LogP contribution in [0.2, 0.25) is 0 Å². The Bertz CT molecular complexity index is 523. The Hall–Kier alpha value is -1.96. The molecule has 3 heterocycles. The van der Waals surface area contributed by atoms with Gasteiger partial charge in [0.1, 0.15) is 5.69 Å². The molecular formula is C11H18N8. The van der Waals surface area contributed by atoms with Crippen LogP contribution >= 0.6 is 0 Å². The number of anilines is 1. The van der Waals surface area contributed by atoms with Gasteiger partial charge in [0.25, 0.3) is 0 Å². The molecule has 0 aliphatic carbocycles. The molecule has 0 radical (unpaired) electrons. The van der Waals surface area contributed by atoms with Gasteiger partial charge in [-0.2, -0.15) is 20.4 Å². The SMILES string of the molecule is CC1(CN)CCN(c2n[nH]c(-c3cn[nH]n3)n2)CC1. The van der Waals surface area contributed by atoms with Crippen LogP contribution in [0.1, 0.15) is 19.8 Å². The van der Waals surface area contributed by atoms with Gasteiger partial charge in [-0.05, 0) is 24.8 Å². The zero-order chi connectivity index (χ0) is 13.3. The van der Waals surface area contributed by atoms with Crippen LogP contribution in [0.5, 0.6) is 0 Å². The van der Waals surface area contributed by atoms with E-state index in [0.29, 0.717) is 11.5 Å². The maximum absolute atomic E-state index is 5.82. The van der Waals surface area contributed by atoms with E-state index in [0.717, 1.165) is 38.4 Å². The zero-order valence-electron chi connectivity index (χ0n) is 10.9. The minimum Gasteiger partial charge on any atom is -0.339 e. The first kappa shape index (κ1) is 12.1. The second-order valence-corrected chi connectivity index (χ2v) is 5.34. The van der Waals surface area contributed by atoms with E-state index in [4.69, 9.17) is 5.73 Å². The molecule has 1 fully saturated rings. The number of H-pyrrole nitrogens is 2. The first-order valence-electron chi connectivity index (χ1n) is 6.44. The molecular weight excluding hydrogens is 244 g/mol. The molecule has 8 nitrogen and oxygen atoms in total. The summed E-state index contributed by atoms with van der Waals surface area (Å²) in [7, 11) is 0. The minimum atomic E-state index is 0.252. The number of nitrogens with zero attached hydrogens (tertiary/aromatic N) is 5. The largest absolute Gasteiger partial charge is 0.339 e. The van der Waals surface area contributed by atoms with Gasteiger partial charge in [-0.15, -0.1) is 5.10 Å². The second-order valence-electron chi connectivity index (χ2n) is 5.34. The summed E-state index contributed by atoms with van der Waals surface area (Å²) < 4.78 is 0. The van der Waals surface area contributed by atoms with E-state index in [1.165, 1.54) is 0 Å². The van der Waals surface area contributed by atoms with Crippen molar-refractivity contribution in [3.8, 4) is 11.5 Å². The Morgan fingerprint density at radius 2 is 2.16 bits per heavy atom. The molecule has 3 rings (SSSR count). The van der Waals surface area contributed by atoms with Crippen molar-refractivity contribution >= 4 is 5.95 Å². The van der Waals surface area contributed by atoms with Gasteiger partial charge in [0.15, 0.2) is 5.82 Å². The van der Waals surface area contributed by atoms with Gasteiger partial charge in [0.2, 0.25) is 5.95 Å². The molecule has 8 heteroatoms. The average molecular weight is 262 g/mol. The molecule has 102 valence electrons. The second kappa shape index (κ2) is 4.61. The minimum absolute atomic E-state index is 0.252. The van der Waals surface area contributed by atoms with E-state index in [-0.39, 0.29) is 5.41 Å². The van der Waals surface area contributed by atoms with Gasteiger partial charge in [0.05, 0.1) is 6.20 Å². The number of hydrogen-bond acceptors (Lipinski definition) is 6. The Morgan fingerprint density at radius 3 is 2.79 bits per heavy atom. The Labute approximate surface area is 110 Å². The third-order valence-corrected chi connectivity index (χ3v) is 3.88. The quantitative estimate of drug-likeness (QED) is 0.726. The predicted octanol–water partition coefficient (Wildman–Crippen LogP) is 0.155. The smallest absolute Gasteiger partial charge is 0.245 e. The molecule has 2 aromatic rings. The fourth-order valence-electron chi connectivity index (χ4n) is 2.28. The maximum Gasteiger partial charge on any atom is 0.245 e. The lowest BCUT2D eigenvalue weighted by Gasteiger charge is -2.38. The number of hydrogen-bond donors (Lipinski definition) is 3. The summed E-state index contributed by atoms with van der Waals surface area (Å²) in [5, 5.41) is 17.4. The Balaban J connectivity index is 1.71. The molecule has 1 saturated heterocycles. The topological polar surface area (TPSA) is 112 Å². The maximum atomic E-state index is 5.82. The first-order chi connectivity index (χ1) is 9.20.